The Morgan fingerprint density at radius 1 is 1.25 bits per heavy atom. The van der Waals surface area contributed by atoms with Crippen LogP contribution >= 0.6 is 15.9 Å². The van der Waals surface area contributed by atoms with Crippen molar-refractivity contribution in [2.45, 2.75) is 13.0 Å². The van der Waals surface area contributed by atoms with Crippen LogP contribution < -0.4 is 4.74 Å². The third kappa shape index (κ3) is 4.06. The lowest BCUT2D eigenvalue weighted by Gasteiger charge is -2.10. The first-order valence-electron chi connectivity index (χ1n) is 6.06. The molecule has 2 rings (SSSR count). The fourth-order valence-corrected chi connectivity index (χ4v) is 2.07. The minimum atomic E-state index is -0.262. The molecule has 0 radical (unpaired) electrons. The van der Waals surface area contributed by atoms with E-state index in [4.69, 9.17) is 9.47 Å². The summed E-state index contributed by atoms with van der Waals surface area (Å²) in [4.78, 5) is 15.4. The Kier molecular flexibility index (Phi) is 5.12. The minimum absolute atomic E-state index is 0.243. The molecule has 4 nitrogen and oxygen atoms in total. The van der Waals surface area contributed by atoms with Crippen LogP contribution in [-0.2, 0) is 22.6 Å². The maximum Gasteiger partial charge on any atom is 0.309 e. The molecule has 5 heteroatoms. The molecule has 0 spiro atoms. The fraction of sp³-hybridized carbons (Fsp3) is 0.200. The van der Waals surface area contributed by atoms with Gasteiger partial charge in [-0.05, 0) is 33.1 Å². The fourth-order valence-electron chi connectivity index (χ4n) is 1.73. The first kappa shape index (κ1) is 14.5. The van der Waals surface area contributed by atoms with Gasteiger partial charge in [0.25, 0.3) is 0 Å². The monoisotopic (exact) mass is 335 g/mol. The Balaban J connectivity index is 2.07. The Morgan fingerprint density at radius 3 is 2.70 bits per heavy atom. The van der Waals surface area contributed by atoms with Gasteiger partial charge in [-0.25, -0.2) is 0 Å². The van der Waals surface area contributed by atoms with E-state index in [0.29, 0.717) is 12.4 Å². The van der Waals surface area contributed by atoms with E-state index in [1.165, 1.54) is 7.11 Å². The molecule has 20 heavy (non-hydrogen) atoms. The largest absolute Gasteiger partial charge is 0.487 e. The van der Waals surface area contributed by atoms with Crippen LogP contribution in [0.15, 0.2) is 47.2 Å². The van der Waals surface area contributed by atoms with Crippen molar-refractivity contribution in [3.8, 4) is 5.75 Å². The summed E-state index contributed by atoms with van der Waals surface area (Å²) in [5.74, 6) is 0.411. The van der Waals surface area contributed by atoms with Crippen LogP contribution in [-0.4, -0.2) is 18.1 Å². The normalized spacial score (nSPS) is 10.1. The van der Waals surface area contributed by atoms with Crippen LogP contribution in [0.3, 0.4) is 0 Å². The number of benzene rings is 1. The molecule has 1 aromatic carbocycles. The Bertz CT molecular complexity index is 601. The Morgan fingerprint density at radius 2 is 2.00 bits per heavy atom. The zero-order valence-corrected chi connectivity index (χ0v) is 12.6. The summed E-state index contributed by atoms with van der Waals surface area (Å²) in [6.45, 7) is 0.380. The average molecular weight is 336 g/mol. The molecule has 0 fully saturated rings. The van der Waals surface area contributed by atoms with Crippen LogP contribution in [0.5, 0.6) is 5.75 Å². The molecule has 104 valence electrons. The first-order chi connectivity index (χ1) is 9.69. The van der Waals surface area contributed by atoms with E-state index in [-0.39, 0.29) is 12.4 Å². The average Bonchev–Trinajstić information content (AvgIpc) is 2.46. The summed E-state index contributed by atoms with van der Waals surface area (Å²) in [5.41, 5.74) is 1.86. The van der Waals surface area contributed by atoms with Crippen LogP contribution in [0.2, 0.25) is 0 Å². The van der Waals surface area contributed by atoms with Crippen molar-refractivity contribution in [3.05, 3.63) is 58.3 Å². The topological polar surface area (TPSA) is 48.4 Å². The summed E-state index contributed by atoms with van der Waals surface area (Å²) < 4.78 is 11.2. The molecule has 1 aromatic heterocycles. The van der Waals surface area contributed by atoms with Crippen LogP contribution in [0.25, 0.3) is 0 Å². The summed E-state index contributed by atoms with van der Waals surface area (Å²) in [5, 5.41) is 0. The van der Waals surface area contributed by atoms with Crippen molar-refractivity contribution in [3.63, 3.8) is 0 Å². The number of esters is 1. The van der Waals surface area contributed by atoms with Crippen molar-refractivity contribution >= 4 is 21.9 Å². The number of hydrogen-bond acceptors (Lipinski definition) is 4. The molecular weight excluding hydrogens is 322 g/mol. The Labute approximate surface area is 125 Å². The van der Waals surface area contributed by atoms with E-state index >= 15 is 0 Å². The van der Waals surface area contributed by atoms with Crippen molar-refractivity contribution < 1.29 is 14.3 Å². The number of carbonyl (C=O) groups is 1. The summed E-state index contributed by atoms with van der Waals surface area (Å²) in [7, 11) is 1.38. The number of aromatic nitrogens is 1. The molecule has 0 bridgehead atoms. The molecule has 0 aliphatic carbocycles. The van der Waals surface area contributed by atoms with Gasteiger partial charge in [-0.1, -0.05) is 24.3 Å². The van der Waals surface area contributed by atoms with E-state index in [1.54, 1.807) is 12.4 Å². The van der Waals surface area contributed by atoms with E-state index < -0.39 is 0 Å². The predicted molar refractivity (Wildman–Crippen MR) is 78.4 cm³/mol. The van der Waals surface area contributed by atoms with Crippen molar-refractivity contribution in [2.24, 2.45) is 0 Å². The zero-order chi connectivity index (χ0) is 14.4. The number of halogens is 1. The number of ether oxygens (including phenoxy) is 2. The van der Waals surface area contributed by atoms with Crippen LogP contribution in [0.1, 0.15) is 11.1 Å². The van der Waals surface area contributed by atoms with Gasteiger partial charge in [0, 0.05) is 10.7 Å². The predicted octanol–water partition coefficient (Wildman–Crippen LogP) is 3.14. The third-order valence-electron chi connectivity index (χ3n) is 2.75. The highest BCUT2D eigenvalue weighted by Gasteiger charge is 2.08. The van der Waals surface area contributed by atoms with Gasteiger partial charge in [0.15, 0.2) is 0 Å². The second kappa shape index (κ2) is 7.05. The van der Waals surface area contributed by atoms with Crippen molar-refractivity contribution in [1.29, 1.82) is 0 Å². The maximum absolute atomic E-state index is 11.4. The standard InChI is InChI=1S/C15H14BrNO3/c1-19-15(18)6-11-4-2-3-5-12(11)10-20-14-7-13(16)8-17-9-14/h2-5,7-9H,6,10H2,1H3. The molecule has 0 amide bonds. The van der Waals surface area contributed by atoms with Gasteiger partial charge < -0.3 is 9.47 Å². The van der Waals surface area contributed by atoms with E-state index in [1.807, 2.05) is 30.3 Å². The highest BCUT2D eigenvalue weighted by Crippen LogP contribution is 2.18. The number of carbonyl (C=O) groups excluding carboxylic acids is 1. The molecule has 0 atom stereocenters. The number of methoxy groups -OCH3 is 1. The van der Waals surface area contributed by atoms with Gasteiger partial charge in [0.05, 0.1) is 19.7 Å². The molecule has 0 aliphatic heterocycles. The number of pyridine rings is 1. The molecule has 0 saturated carbocycles. The molecule has 1 heterocycles. The van der Waals surface area contributed by atoms with Gasteiger partial charge in [-0.2, -0.15) is 0 Å². The van der Waals surface area contributed by atoms with Gasteiger partial charge in [-0.3, -0.25) is 9.78 Å². The van der Waals surface area contributed by atoms with Gasteiger partial charge >= 0.3 is 5.97 Å². The second-order valence-corrected chi connectivity index (χ2v) is 5.06. The SMILES string of the molecule is COC(=O)Cc1ccccc1COc1cncc(Br)c1. The maximum atomic E-state index is 11.4. The van der Waals surface area contributed by atoms with Crippen molar-refractivity contribution in [2.75, 3.05) is 7.11 Å². The van der Waals surface area contributed by atoms with E-state index in [2.05, 4.69) is 20.9 Å². The van der Waals surface area contributed by atoms with Crippen molar-refractivity contribution in [1.82, 2.24) is 4.98 Å². The number of nitrogens with zero attached hydrogens (tertiary/aromatic N) is 1. The molecule has 0 aliphatic rings. The van der Waals surface area contributed by atoms with E-state index in [9.17, 15) is 4.79 Å². The van der Waals surface area contributed by atoms with E-state index in [0.717, 1.165) is 15.6 Å². The smallest absolute Gasteiger partial charge is 0.309 e. The summed E-state index contributed by atoms with van der Waals surface area (Å²) in [6, 6.07) is 9.48. The lowest BCUT2D eigenvalue weighted by Crippen LogP contribution is -2.08. The summed E-state index contributed by atoms with van der Waals surface area (Å²) >= 11 is 3.34. The van der Waals surface area contributed by atoms with Gasteiger partial charge in [-0.15, -0.1) is 0 Å². The lowest BCUT2D eigenvalue weighted by atomic mass is 10.1. The van der Waals surface area contributed by atoms with Crippen LogP contribution in [0, 0.1) is 0 Å². The first-order valence-corrected chi connectivity index (χ1v) is 6.85. The molecule has 0 N–H and O–H groups in total. The molecule has 0 saturated heterocycles. The highest BCUT2D eigenvalue weighted by atomic mass is 79.9. The molecule has 0 unspecified atom stereocenters. The zero-order valence-electron chi connectivity index (χ0n) is 11.0. The van der Waals surface area contributed by atoms with Gasteiger partial charge in [0.1, 0.15) is 12.4 Å². The Hall–Kier alpha value is -1.88. The number of hydrogen-bond donors (Lipinski definition) is 0. The molecular formula is C15H14BrNO3. The second-order valence-electron chi connectivity index (χ2n) is 4.15. The van der Waals surface area contributed by atoms with Gasteiger partial charge in [0.2, 0.25) is 0 Å². The lowest BCUT2D eigenvalue weighted by molar-refractivity contribution is -0.139. The summed E-state index contributed by atoms with van der Waals surface area (Å²) in [6.07, 6.45) is 3.58. The number of rotatable bonds is 5. The molecule has 2 aromatic rings. The van der Waals surface area contributed by atoms with Crippen LogP contribution in [0.4, 0.5) is 0 Å². The highest BCUT2D eigenvalue weighted by molar-refractivity contribution is 9.10. The quantitative estimate of drug-likeness (QED) is 0.787. The third-order valence-corrected chi connectivity index (χ3v) is 3.19. The minimum Gasteiger partial charge on any atom is -0.487 e.